The quantitative estimate of drug-likeness (QED) is 0.161. The van der Waals surface area contributed by atoms with Crippen LogP contribution in [0.4, 0.5) is 5.69 Å². The van der Waals surface area contributed by atoms with Gasteiger partial charge >= 0.3 is 0 Å². The summed E-state index contributed by atoms with van der Waals surface area (Å²) in [6.45, 7) is 7.49. The number of ether oxygens (including phenoxy) is 1. The van der Waals surface area contributed by atoms with E-state index in [-0.39, 0.29) is 29.8 Å². The highest BCUT2D eigenvalue weighted by Gasteiger charge is 2.35. The second-order valence-corrected chi connectivity index (χ2v) is 14.1. The first-order chi connectivity index (χ1) is 22.0. The van der Waals surface area contributed by atoms with Crippen LogP contribution in [0.1, 0.15) is 37.5 Å². The molecule has 0 aliphatic rings. The summed E-state index contributed by atoms with van der Waals surface area (Å²) in [6, 6.07) is 29.0. The lowest BCUT2D eigenvalue weighted by Gasteiger charge is -2.34. The van der Waals surface area contributed by atoms with Crippen LogP contribution < -0.4 is 14.4 Å². The Labute approximate surface area is 280 Å². The van der Waals surface area contributed by atoms with Crippen molar-refractivity contribution >= 4 is 43.5 Å². The lowest BCUT2D eigenvalue weighted by Crippen LogP contribution is -2.54. The van der Waals surface area contributed by atoms with Crippen molar-refractivity contribution in [3.63, 3.8) is 0 Å². The fourth-order valence-corrected chi connectivity index (χ4v) is 6.87. The molecule has 2 amide bonds. The lowest BCUT2D eigenvalue weighted by molar-refractivity contribution is -0.140. The summed E-state index contributed by atoms with van der Waals surface area (Å²) in [6.07, 6.45) is 0.245. The van der Waals surface area contributed by atoms with Crippen molar-refractivity contribution in [2.75, 3.05) is 17.5 Å². The molecule has 0 saturated heterocycles. The van der Waals surface area contributed by atoms with E-state index in [9.17, 15) is 18.0 Å². The van der Waals surface area contributed by atoms with Crippen LogP contribution in [0.3, 0.4) is 0 Å². The zero-order chi connectivity index (χ0) is 33.3. The molecule has 4 aromatic rings. The smallest absolute Gasteiger partial charge is 0.264 e. The van der Waals surface area contributed by atoms with Gasteiger partial charge in [0.1, 0.15) is 18.3 Å². The van der Waals surface area contributed by atoms with E-state index in [0.717, 1.165) is 25.5 Å². The van der Waals surface area contributed by atoms with Crippen molar-refractivity contribution in [2.45, 2.75) is 57.6 Å². The van der Waals surface area contributed by atoms with Gasteiger partial charge < -0.3 is 15.0 Å². The lowest BCUT2D eigenvalue weighted by atomic mass is 10.0. The molecule has 0 aliphatic heterocycles. The topological polar surface area (TPSA) is 96.0 Å². The first kappa shape index (κ1) is 34.7. The molecule has 1 N–H and O–H groups in total. The Hall–Kier alpha value is -4.15. The molecule has 0 aliphatic carbocycles. The molecule has 46 heavy (non-hydrogen) atoms. The maximum atomic E-state index is 14.5. The number of anilines is 1. The van der Waals surface area contributed by atoms with Gasteiger partial charge in [0, 0.05) is 23.5 Å². The van der Waals surface area contributed by atoms with Crippen molar-refractivity contribution in [3.8, 4) is 5.75 Å². The van der Waals surface area contributed by atoms with E-state index in [0.29, 0.717) is 18.0 Å². The standard InChI is InChI=1S/C36H40BrN3O5S/c1-5-45-32-18-20-33(21-19-32)46(43,44)40(31-16-14-27(4)15-17-31)25-35(41)39(24-29-12-9-13-30(37)22-29)34(36(42)38-26(2)3)23-28-10-7-6-8-11-28/h6-22,26,34H,5,23-25H2,1-4H3,(H,38,42)/t34-/m0/s1. The molecule has 0 saturated carbocycles. The molecule has 1 atom stereocenters. The van der Waals surface area contributed by atoms with E-state index < -0.39 is 28.5 Å². The van der Waals surface area contributed by atoms with Gasteiger partial charge in [-0.1, -0.05) is 76.1 Å². The highest BCUT2D eigenvalue weighted by atomic mass is 79.9. The van der Waals surface area contributed by atoms with Crippen molar-refractivity contribution in [1.29, 1.82) is 0 Å². The Balaban J connectivity index is 1.79. The molecule has 0 heterocycles. The molecule has 0 aromatic heterocycles. The molecule has 4 aromatic carbocycles. The number of benzene rings is 4. The fourth-order valence-electron chi connectivity index (χ4n) is 5.01. The molecular formula is C36H40BrN3O5S. The van der Waals surface area contributed by atoms with Crippen molar-refractivity contribution in [3.05, 3.63) is 124 Å². The van der Waals surface area contributed by atoms with Gasteiger partial charge in [-0.2, -0.15) is 0 Å². The number of carbonyl (C=O) groups excluding carboxylic acids is 2. The second kappa shape index (κ2) is 15.9. The monoisotopic (exact) mass is 705 g/mol. The zero-order valence-corrected chi connectivity index (χ0v) is 28.9. The van der Waals surface area contributed by atoms with Gasteiger partial charge in [-0.3, -0.25) is 13.9 Å². The number of rotatable bonds is 14. The zero-order valence-electron chi connectivity index (χ0n) is 26.5. The summed E-state index contributed by atoms with van der Waals surface area (Å²) < 4.78 is 35.9. The van der Waals surface area contributed by atoms with Crippen molar-refractivity contribution < 1.29 is 22.7 Å². The molecule has 0 unspecified atom stereocenters. The predicted molar refractivity (Wildman–Crippen MR) is 185 cm³/mol. The molecule has 0 radical (unpaired) electrons. The van der Waals surface area contributed by atoms with Crippen LogP contribution in [-0.2, 0) is 32.6 Å². The Morgan fingerprint density at radius 1 is 0.870 bits per heavy atom. The average molecular weight is 707 g/mol. The third-order valence-corrected chi connectivity index (χ3v) is 9.55. The normalized spacial score (nSPS) is 12.0. The Morgan fingerprint density at radius 3 is 2.13 bits per heavy atom. The van der Waals surface area contributed by atoms with Gasteiger partial charge in [0.2, 0.25) is 11.8 Å². The third kappa shape index (κ3) is 9.20. The van der Waals surface area contributed by atoms with E-state index in [1.165, 1.54) is 17.0 Å². The van der Waals surface area contributed by atoms with Gasteiger partial charge in [-0.15, -0.1) is 0 Å². The van der Waals surface area contributed by atoms with E-state index in [4.69, 9.17) is 4.74 Å². The number of amides is 2. The van der Waals surface area contributed by atoms with Crippen LogP contribution in [0.2, 0.25) is 0 Å². The van der Waals surface area contributed by atoms with Gasteiger partial charge in [0.25, 0.3) is 10.0 Å². The summed E-state index contributed by atoms with van der Waals surface area (Å²) in [4.78, 5) is 29.8. The highest BCUT2D eigenvalue weighted by molar-refractivity contribution is 9.10. The van der Waals surface area contributed by atoms with E-state index in [1.807, 2.05) is 82.3 Å². The van der Waals surface area contributed by atoms with Gasteiger partial charge in [0.05, 0.1) is 17.2 Å². The molecule has 8 nitrogen and oxygen atoms in total. The number of nitrogens with zero attached hydrogens (tertiary/aromatic N) is 2. The molecule has 242 valence electrons. The number of carbonyl (C=O) groups is 2. The number of halogens is 1. The summed E-state index contributed by atoms with van der Waals surface area (Å²) in [7, 11) is -4.21. The van der Waals surface area contributed by atoms with Crippen molar-refractivity contribution in [1.82, 2.24) is 10.2 Å². The molecule has 10 heteroatoms. The largest absolute Gasteiger partial charge is 0.494 e. The summed E-state index contributed by atoms with van der Waals surface area (Å²) in [5, 5.41) is 2.97. The molecule has 4 rings (SSSR count). The SMILES string of the molecule is CCOc1ccc(S(=O)(=O)N(CC(=O)N(Cc2cccc(Br)c2)[C@@H](Cc2ccccc2)C(=O)NC(C)C)c2ccc(C)cc2)cc1. The van der Waals surface area contributed by atoms with Crippen LogP contribution in [-0.4, -0.2) is 50.4 Å². The van der Waals surface area contributed by atoms with Crippen LogP contribution in [0.5, 0.6) is 5.75 Å². The van der Waals surface area contributed by atoms with Gasteiger partial charge in [0.15, 0.2) is 0 Å². The minimum Gasteiger partial charge on any atom is -0.494 e. The van der Waals surface area contributed by atoms with E-state index in [1.54, 1.807) is 36.4 Å². The van der Waals surface area contributed by atoms with Crippen LogP contribution in [0.25, 0.3) is 0 Å². The van der Waals surface area contributed by atoms with Crippen LogP contribution >= 0.6 is 15.9 Å². The van der Waals surface area contributed by atoms with E-state index >= 15 is 0 Å². The van der Waals surface area contributed by atoms with E-state index in [2.05, 4.69) is 21.2 Å². The Bertz CT molecular complexity index is 1710. The first-order valence-electron chi connectivity index (χ1n) is 15.2. The number of nitrogens with one attached hydrogen (secondary N) is 1. The third-order valence-electron chi connectivity index (χ3n) is 7.27. The maximum absolute atomic E-state index is 14.5. The maximum Gasteiger partial charge on any atom is 0.264 e. The van der Waals surface area contributed by atoms with Crippen LogP contribution in [0, 0.1) is 6.92 Å². The number of sulfonamides is 1. The number of hydrogen-bond donors (Lipinski definition) is 1. The minimum atomic E-state index is -4.21. The molecule has 0 bridgehead atoms. The van der Waals surface area contributed by atoms with Gasteiger partial charge in [-0.25, -0.2) is 8.42 Å². The first-order valence-corrected chi connectivity index (χ1v) is 17.4. The minimum absolute atomic E-state index is 0.0151. The summed E-state index contributed by atoms with van der Waals surface area (Å²) in [5.41, 5.74) is 2.93. The van der Waals surface area contributed by atoms with Gasteiger partial charge in [-0.05, 0) is 87.4 Å². The summed E-state index contributed by atoms with van der Waals surface area (Å²) in [5.74, 6) is -0.298. The molecule has 0 spiro atoms. The molecular weight excluding hydrogens is 666 g/mol. The average Bonchev–Trinajstić information content (AvgIpc) is 3.02. The number of hydrogen-bond acceptors (Lipinski definition) is 5. The highest BCUT2D eigenvalue weighted by Crippen LogP contribution is 2.27. The van der Waals surface area contributed by atoms with Crippen LogP contribution in [0.15, 0.2) is 112 Å². The Kier molecular flexibility index (Phi) is 12.0. The Morgan fingerprint density at radius 2 is 1.52 bits per heavy atom. The second-order valence-electron chi connectivity index (χ2n) is 11.3. The fraction of sp³-hybridized carbons (Fsp3) is 0.278. The summed E-state index contributed by atoms with van der Waals surface area (Å²) >= 11 is 3.51. The van der Waals surface area contributed by atoms with Crippen molar-refractivity contribution in [2.24, 2.45) is 0 Å². The number of aryl methyl sites for hydroxylation is 1. The molecule has 0 fully saturated rings. The predicted octanol–water partition coefficient (Wildman–Crippen LogP) is 6.52.